The zero-order valence-corrected chi connectivity index (χ0v) is 13.4. The molecule has 0 amide bonds. The number of benzene rings is 2. The predicted molar refractivity (Wildman–Crippen MR) is 85.0 cm³/mol. The summed E-state index contributed by atoms with van der Waals surface area (Å²) < 4.78 is 27.4. The highest BCUT2D eigenvalue weighted by molar-refractivity contribution is 14.1. The average Bonchev–Trinajstić information content (AvgIpc) is 2.41. The van der Waals surface area contributed by atoms with Gasteiger partial charge in [-0.25, -0.2) is 13.2 Å². The van der Waals surface area contributed by atoms with Gasteiger partial charge in [-0.3, -0.25) is 4.72 Å². The molecule has 0 spiro atoms. The number of rotatable bonds is 4. The van der Waals surface area contributed by atoms with Crippen LogP contribution in [0.15, 0.2) is 47.4 Å². The van der Waals surface area contributed by atoms with E-state index >= 15 is 0 Å². The van der Waals surface area contributed by atoms with Gasteiger partial charge in [0.05, 0.1) is 16.1 Å². The lowest BCUT2D eigenvalue weighted by atomic mass is 10.2. The maximum absolute atomic E-state index is 12.1. The summed E-state index contributed by atoms with van der Waals surface area (Å²) >= 11 is 2.05. The Morgan fingerprint density at radius 3 is 2.24 bits per heavy atom. The molecule has 0 aromatic heterocycles. The summed E-state index contributed by atoms with van der Waals surface area (Å²) in [4.78, 5) is 10.8. The Hall–Kier alpha value is -1.81. The maximum atomic E-state index is 12.1. The van der Waals surface area contributed by atoms with Gasteiger partial charge in [0.1, 0.15) is 5.75 Å². The molecule has 0 radical (unpaired) electrons. The standard InChI is InChI=1S/C13H10INO5S/c14-9-2-4-10(5-3-9)21(19,20)15-11-6-1-8(13(17)18)7-12(11)16/h1-7,15-16H,(H,17,18). The third-order valence-electron chi connectivity index (χ3n) is 2.61. The molecular weight excluding hydrogens is 409 g/mol. The van der Waals surface area contributed by atoms with Crippen LogP contribution in [0.1, 0.15) is 10.4 Å². The smallest absolute Gasteiger partial charge is 0.335 e. The zero-order chi connectivity index (χ0) is 15.6. The number of carboxylic acids is 1. The van der Waals surface area contributed by atoms with Crippen LogP contribution < -0.4 is 4.72 Å². The van der Waals surface area contributed by atoms with E-state index in [1.54, 1.807) is 12.1 Å². The minimum absolute atomic E-state index is 0.0460. The molecule has 3 N–H and O–H groups in total. The lowest BCUT2D eigenvalue weighted by Gasteiger charge is -2.10. The number of phenols is 1. The Bertz CT molecular complexity index is 787. The Balaban J connectivity index is 2.32. The topological polar surface area (TPSA) is 104 Å². The molecule has 0 aliphatic carbocycles. The first-order valence-electron chi connectivity index (χ1n) is 5.64. The third-order valence-corrected chi connectivity index (χ3v) is 4.71. The van der Waals surface area contributed by atoms with Crippen molar-refractivity contribution in [2.75, 3.05) is 4.72 Å². The second kappa shape index (κ2) is 5.90. The largest absolute Gasteiger partial charge is 0.506 e. The summed E-state index contributed by atoms with van der Waals surface area (Å²) in [6, 6.07) is 9.54. The number of aromatic carboxylic acids is 1. The summed E-state index contributed by atoms with van der Waals surface area (Å²) in [5.74, 6) is -1.67. The molecule has 2 rings (SSSR count). The number of halogens is 1. The van der Waals surface area contributed by atoms with Crippen LogP contribution in [0.3, 0.4) is 0 Å². The van der Waals surface area contributed by atoms with Gasteiger partial charge in [0, 0.05) is 3.57 Å². The highest BCUT2D eigenvalue weighted by Crippen LogP contribution is 2.27. The van der Waals surface area contributed by atoms with Crippen LogP contribution in [-0.4, -0.2) is 24.6 Å². The van der Waals surface area contributed by atoms with E-state index in [9.17, 15) is 18.3 Å². The summed E-state index contributed by atoms with van der Waals surface area (Å²) in [5, 5.41) is 18.5. The molecule has 0 aliphatic heterocycles. The van der Waals surface area contributed by atoms with Gasteiger partial charge in [0.15, 0.2) is 0 Å². The third kappa shape index (κ3) is 3.64. The molecule has 2 aromatic rings. The van der Waals surface area contributed by atoms with E-state index in [-0.39, 0.29) is 16.1 Å². The molecule has 8 heteroatoms. The molecule has 0 saturated heterocycles. The van der Waals surface area contributed by atoms with E-state index in [4.69, 9.17) is 5.11 Å². The van der Waals surface area contributed by atoms with Crippen LogP contribution in [0, 0.1) is 3.57 Å². The van der Waals surface area contributed by atoms with Crippen LogP contribution in [0.4, 0.5) is 5.69 Å². The first-order valence-corrected chi connectivity index (χ1v) is 8.20. The van der Waals surface area contributed by atoms with E-state index in [1.165, 1.54) is 24.3 Å². The SMILES string of the molecule is O=C(O)c1ccc(NS(=O)(=O)c2ccc(I)cc2)c(O)c1. The van der Waals surface area contributed by atoms with E-state index < -0.39 is 21.7 Å². The van der Waals surface area contributed by atoms with E-state index in [1.807, 2.05) is 0 Å². The van der Waals surface area contributed by atoms with Gasteiger partial charge in [-0.15, -0.1) is 0 Å². The highest BCUT2D eigenvalue weighted by Gasteiger charge is 2.17. The van der Waals surface area contributed by atoms with Gasteiger partial charge in [-0.1, -0.05) is 0 Å². The lowest BCUT2D eigenvalue weighted by Crippen LogP contribution is -2.13. The molecule has 0 heterocycles. The van der Waals surface area contributed by atoms with E-state index in [0.29, 0.717) is 0 Å². The molecule has 2 aromatic carbocycles. The average molecular weight is 419 g/mol. The number of carbonyl (C=O) groups is 1. The summed E-state index contributed by atoms with van der Waals surface area (Å²) in [6.07, 6.45) is 0. The van der Waals surface area contributed by atoms with E-state index in [0.717, 1.165) is 9.64 Å². The molecule has 21 heavy (non-hydrogen) atoms. The summed E-state index contributed by atoms with van der Waals surface area (Å²) in [7, 11) is -3.85. The lowest BCUT2D eigenvalue weighted by molar-refractivity contribution is 0.0696. The van der Waals surface area contributed by atoms with Gasteiger partial charge in [0.25, 0.3) is 10.0 Å². The Morgan fingerprint density at radius 1 is 1.10 bits per heavy atom. The Morgan fingerprint density at radius 2 is 1.71 bits per heavy atom. The zero-order valence-electron chi connectivity index (χ0n) is 10.4. The molecular formula is C13H10INO5S. The van der Waals surface area contributed by atoms with Crippen molar-refractivity contribution in [3.05, 3.63) is 51.6 Å². The number of phenolic OH excluding ortho intramolecular Hbond substituents is 1. The van der Waals surface area contributed by atoms with Gasteiger partial charge < -0.3 is 10.2 Å². The van der Waals surface area contributed by atoms with E-state index in [2.05, 4.69) is 27.3 Å². The van der Waals surface area contributed by atoms with Crippen LogP contribution in [0.5, 0.6) is 5.75 Å². The number of aromatic hydroxyl groups is 1. The molecule has 0 fully saturated rings. The number of hydrogen-bond donors (Lipinski definition) is 3. The molecule has 6 nitrogen and oxygen atoms in total. The van der Waals surface area contributed by atoms with Crippen molar-refractivity contribution < 1.29 is 23.4 Å². The van der Waals surface area contributed by atoms with Crippen LogP contribution in [0.2, 0.25) is 0 Å². The Kier molecular flexibility index (Phi) is 4.37. The maximum Gasteiger partial charge on any atom is 0.335 e. The van der Waals surface area contributed by atoms with Crippen molar-refractivity contribution in [2.45, 2.75) is 4.90 Å². The minimum Gasteiger partial charge on any atom is -0.506 e. The van der Waals surface area contributed by atoms with Crippen molar-refractivity contribution in [2.24, 2.45) is 0 Å². The number of sulfonamides is 1. The molecule has 110 valence electrons. The molecule has 0 aliphatic rings. The van der Waals surface area contributed by atoms with Gasteiger partial charge in [-0.2, -0.15) is 0 Å². The fourth-order valence-corrected chi connectivity index (χ4v) is 3.00. The number of anilines is 1. The minimum atomic E-state index is -3.85. The highest BCUT2D eigenvalue weighted by atomic mass is 127. The van der Waals surface area contributed by atoms with Gasteiger partial charge >= 0.3 is 5.97 Å². The fourth-order valence-electron chi connectivity index (χ4n) is 1.57. The van der Waals surface area contributed by atoms with Crippen LogP contribution in [-0.2, 0) is 10.0 Å². The first kappa shape index (κ1) is 15.6. The normalized spacial score (nSPS) is 11.1. The summed E-state index contributed by atoms with van der Waals surface area (Å²) in [5.41, 5.74) is -0.219. The first-order chi connectivity index (χ1) is 9.79. The molecule has 0 atom stereocenters. The van der Waals surface area contributed by atoms with Gasteiger partial charge in [0.2, 0.25) is 0 Å². The van der Waals surface area contributed by atoms with Crippen molar-refractivity contribution in [3.8, 4) is 5.75 Å². The fraction of sp³-hybridized carbons (Fsp3) is 0. The number of carboxylic acid groups (broad SMARTS) is 1. The second-order valence-corrected chi connectivity index (χ2v) is 7.02. The molecule has 0 unspecified atom stereocenters. The van der Waals surface area contributed by atoms with Gasteiger partial charge in [-0.05, 0) is 65.1 Å². The molecule has 0 bridgehead atoms. The molecule has 0 saturated carbocycles. The van der Waals surface area contributed by atoms with Crippen LogP contribution >= 0.6 is 22.6 Å². The quantitative estimate of drug-likeness (QED) is 0.522. The number of nitrogens with one attached hydrogen (secondary N) is 1. The van der Waals surface area contributed by atoms with Crippen molar-refractivity contribution in [3.63, 3.8) is 0 Å². The second-order valence-electron chi connectivity index (χ2n) is 4.10. The monoisotopic (exact) mass is 419 g/mol. The predicted octanol–water partition coefficient (Wildman–Crippen LogP) is 2.50. The van der Waals surface area contributed by atoms with Crippen molar-refractivity contribution in [1.29, 1.82) is 0 Å². The van der Waals surface area contributed by atoms with Crippen molar-refractivity contribution in [1.82, 2.24) is 0 Å². The van der Waals surface area contributed by atoms with Crippen molar-refractivity contribution >= 4 is 44.3 Å². The Labute approximate surface area is 134 Å². The number of hydrogen-bond acceptors (Lipinski definition) is 4. The summed E-state index contributed by atoms with van der Waals surface area (Å²) in [6.45, 7) is 0. The van der Waals surface area contributed by atoms with Crippen LogP contribution in [0.25, 0.3) is 0 Å².